The molecule has 7 heteroatoms. The van der Waals surface area contributed by atoms with Crippen molar-refractivity contribution in [2.75, 3.05) is 5.73 Å². The first-order valence-electron chi connectivity index (χ1n) is 4.73. The summed E-state index contributed by atoms with van der Waals surface area (Å²) in [5.74, 6) is 0.582. The number of pyridine rings is 1. The van der Waals surface area contributed by atoms with Gasteiger partial charge in [0.25, 0.3) is 0 Å². The summed E-state index contributed by atoms with van der Waals surface area (Å²) in [4.78, 5) is 3.69. The summed E-state index contributed by atoms with van der Waals surface area (Å²) in [5.41, 5.74) is 5.50. The fourth-order valence-electron chi connectivity index (χ4n) is 1.38. The topological polar surface area (TPSA) is 56.7 Å². The SMILES string of the molecule is Cc1cc(N)n(-c2ccc(C(F)(F)F)cn2)n1. The summed E-state index contributed by atoms with van der Waals surface area (Å²) < 4.78 is 38.2. The zero-order valence-electron chi connectivity index (χ0n) is 8.86. The van der Waals surface area contributed by atoms with E-state index in [0.29, 0.717) is 11.5 Å². The van der Waals surface area contributed by atoms with Gasteiger partial charge >= 0.3 is 6.18 Å². The van der Waals surface area contributed by atoms with E-state index in [2.05, 4.69) is 10.1 Å². The number of alkyl halides is 3. The lowest BCUT2D eigenvalue weighted by molar-refractivity contribution is -0.137. The molecule has 2 aromatic heterocycles. The molecule has 0 unspecified atom stereocenters. The van der Waals surface area contributed by atoms with Crippen LogP contribution in [0.15, 0.2) is 24.4 Å². The largest absolute Gasteiger partial charge is 0.417 e. The van der Waals surface area contributed by atoms with Gasteiger partial charge in [-0.3, -0.25) is 0 Å². The Morgan fingerprint density at radius 1 is 1.29 bits per heavy atom. The Morgan fingerprint density at radius 3 is 2.41 bits per heavy atom. The standard InChI is InChI=1S/C10H9F3N4/c1-6-4-8(14)17(16-6)9-3-2-7(5-15-9)10(11,12)13/h2-5H,14H2,1H3. The highest BCUT2D eigenvalue weighted by atomic mass is 19.4. The number of nitrogens with two attached hydrogens (primary N) is 1. The lowest BCUT2D eigenvalue weighted by Gasteiger charge is -2.07. The maximum Gasteiger partial charge on any atom is 0.417 e. The average Bonchev–Trinajstić information content (AvgIpc) is 2.57. The molecular formula is C10H9F3N4. The van der Waals surface area contributed by atoms with Crippen LogP contribution in [0.5, 0.6) is 0 Å². The van der Waals surface area contributed by atoms with Crippen LogP contribution in [0.4, 0.5) is 19.0 Å². The molecule has 0 aliphatic carbocycles. The maximum absolute atomic E-state index is 12.3. The third kappa shape index (κ3) is 2.22. The minimum absolute atomic E-state index is 0.253. The highest BCUT2D eigenvalue weighted by molar-refractivity contribution is 5.39. The molecule has 2 rings (SSSR count). The molecule has 0 aromatic carbocycles. The van der Waals surface area contributed by atoms with Crippen molar-refractivity contribution in [3.05, 3.63) is 35.7 Å². The zero-order valence-corrected chi connectivity index (χ0v) is 8.86. The van der Waals surface area contributed by atoms with Gasteiger partial charge in [0.15, 0.2) is 5.82 Å². The highest BCUT2D eigenvalue weighted by Crippen LogP contribution is 2.28. The van der Waals surface area contributed by atoms with Crippen molar-refractivity contribution in [3.63, 3.8) is 0 Å². The first-order valence-corrected chi connectivity index (χ1v) is 4.73. The van der Waals surface area contributed by atoms with Gasteiger partial charge in [-0.1, -0.05) is 0 Å². The molecule has 0 saturated carbocycles. The molecule has 0 bridgehead atoms. The number of nitrogen functional groups attached to an aromatic ring is 1. The van der Waals surface area contributed by atoms with E-state index in [1.165, 1.54) is 10.7 Å². The van der Waals surface area contributed by atoms with Crippen molar-refractivity contribution in [1.82, 2.24) is 14.8 Å². The van der Waals surface area contributed by atoms with E-state index in [1.807, 2.05) is 0 Å². The summed E-state index contributed by atoms with van der Waals surface area (Å²) in [6.07, 6.45) is -3.64. The van der Waals surface area contributed by atoms with Gasteiger partial charge in [-0.2, -0.15) is 23.0 Å². The second-order valence-corrected chi connectivity index (χ2v) is 3.53. The van der Waals surface area contributed by atoms with Crippen molar-refractivity contribution < 1.29 is 13.2 Å². The van der Waals surface area contributed by atoms with Crippen molar-refractivity contribution in [1.29, 1.82) is 0 Å². The van der Waals surface area contributed by atoms with Crippen molar-refractivity contribution >= 4 is 5.82 Å². The molecule has 0 fully saturated rings. The fourth-order valence-corrected chi connectivity index (χ4v) is 1.38. The van der Waals surface area contributed by atoms with E-state index in [1.54, 1.807) is 13.0 Å². The van der Waals surface area contributed by atoms with Crippen LogP contribution in [-0.4, -0.2) is 14.8 Å². The molecule has 0 saturated heterocycles. The number of aryl methyl sites for hydroxylation is 1. The van der Waals surface area contributed by atoms with Gasteiger partial charge in [-0.15, -0.1) is 0 Å². The molecule has 4 nitrogen and oxygen atoms in total. The molecule has 17 heavy (non-hydrogen) atoms. The van der Waals surface area contributed by atoms with Gasteiger partial charge < -0.3 is 5.73 Å². The average molecular weight is 242 g/mol. The number of hydrogen-bond donors (Lipinski definition) is 1. The number of halogens is 3. The normalized spacial score (nSPS) is 11.8. The van der Waals surface area contributed by atoms with Gasteiger partial charge in [0.05, 0.1) is 11.3 Å². The van der Waals surface area contributed by atoms with Gasteiger partial charge in [-0.25, -0.2) is 4.98 Å². The lowest BCUT2D eigenvalue weighted by atomic mass is 10.3. The summed E-state index contributed by atoms with van der Waals surface area (Å²) in [5, 5.41) is 4.02. The van der Waals surface area contributed by atoms with E-state index in [-0.39, 0.29) is 5.82 Å². The Morgan fingerprint density at radius 2 is 2.00 bits per heavy atom. The van der Waals surface area contributed by atoms with Crippen molar-refractivity contribution in [3.8, 4) is 5.82 Å². The summed E-state index contributed by atoms with van der Waals surface area (Å²) in [6, 6.07) is 3.78. The molecular weight excluding hydrogens is 233 g/mol. The maximum atomic E-state index is 12.3. The van der Waals surface area contributed by atoms with E-state index in [9.17, 15) is 13.2 Å². The number of hydrogen-bond acceptors (Lipinski definition) is 3. The molecule has 90 valence electrons. The molecule has 2 heterocycles. The zero-order chi connectivity index (χ0) is 12.6. The van der Waals surface area contributed by atoms with E-state index in [0.717, 1.165) is 12.3 Å². The van der Waals surface area contributed by atoms with Crippen LogP contribution in [-0.2, 0) is 6.18 Å². The van der Waals surface area contributed by atoms with Crippen LogP contribution in [0.2, 0.25) is 0 Å². The number of aromatic nitrogens is 3. The predicted molar refractivity (Wildman–Crippen MR) is 55.5 cm³/mol. The summed E-state index contributed by atoms with van der Waals surface area (Å²) in [6.45, 7) is 1.73. The minimum Gasteiger partial charge on any atom is -0.384 e. The molecule has 2 aromatic rings. The Bertz CT molecular complexity index is 527. The first kappa shape index (κ1) is 11.4. The summed E-state index contributed by atoms with van der Waals surface area (Å²) >= 11 is 0. The van der Waals surface area contributed by atoms with E-state index >= 15 is 0 Å². The smallest absolute Gasteiger partial charge is 0.384 e. The molecule has 0 amide bonds. The molecule has 2 N–H and O–H groups in total. The second kappa shape index (κ2) is 3.76. The fraction of sp³-hybridized carbons (Fsp3) is 0.200. The quantitative estimate of drug-likeness (QED) is 0.833. The third-order valence-electron chi connectivity index (χ3n) is 2.15. The van der Waals surface area contributed by atoms with Crippen molar-refractivity contribution in [2.24, 2.45) is 0 Å². The number of nitrogens with zero attached hydrogens (tertiary/aromatic N) is 3. The molecule has 0 spiro atoms. The van der Waals surface area contributed by atoms with Gasteiger partial charge in [0, 0.05) is 12.3 Å². The number of rotatable bonds is 1. The highest BCUT2D eigenvalue weighted by Gasteiger charge is 2.30. The van der Waals surface area contributed by atoms with E-state index < -0.39 is 11.7 Å². The number of anilines is 1. The molecule has 0 atom stereocenters. The van der Waals surface area contributed by atoms with E-state index in [4.69, 9.17) is 5.73 Å². The van der Waals surface area contributed by atoms with Crippen molar-refractivity contribution in [2.45, 2.75) is 13.1 Å². The van der Waals surface area contributed by atoms with Crippen LogP contribution < -0.4 is 5.73 Å². The van der Waals surface area contributed by atoms with Crippen LogP contribution in [0.3, 0.4) is 0 Å². The monoisotopic (exact) mass is 242 g/mol. The Labute approximate surface area is 94.9 Å². The van der Waals surface area contributed by atoms with Crippen LogP contribution in [0.25, 0.3) is 5.82 Å². The van der Waals surface area contributed by atoms with Crippen LogP contribution in [0, 0.1) is 6.92 Å². The third-order valence-corrected chi connectivity index (χ3v) is 2.15. The summed E-state index contributed by atoms with van der Waals surface area (Å²) in [7, 11) is 0. The van der Waals surface area contributed by atoms with Gasteiger partial charge in [0.1, 0.15) is 5.82 Å². The van der Waals surface area contributed by atoms with Gasteiger partial charge in [-0.05, 0) is 19.1 Å². The second-order valence-electron chi connectivity index (χ2n) is 3.53. The van der Waals surface area contributed by atoms with Crippen LogP contribution in [0.1, 0.15) is 11.3 Å². The van der Waals surface area contributed by atoms with Gasteiger partial charge in [0.2, 0.25) is 0 Å². The Kier molecular flexibility index (Phi) is 2.53. The first-order chi connectivity index (χ1) is 7.88. The Balaban J connectivity index is 2.39. The van der Waals surface area contributed by atoms with Crippen LogP contribution >= 0.6 is 0 Å². The Hall–Kier alpha value is -2.05. The molecule has 0 aliphatic heterocycles. The predicted octanol–water partition coefficient (Wildman–Crippen LogP) is 2.18. The molecule has 0 radical (unpaired) electrons. The minimum atomic E-state index is -4.39. The lowest BCUT2D eigenvalue weighted by Crippen LogP contribution is -2.08. The molecule has 0 aliphatic rings.